The molecule has 124 valence electrons. The number of nitrogens with one attached hydrogen (secondary N) is 2. The van der Waals surface area contributed by atoms with E-state index in [-0.39, 0.29) is 22.3 Å². The SMILES string of the molecule is O=c1[nH]c(=O)c2cc(-c3cc4cc(Br)cc(Br)c4oc3=O)nnc2[nH]1. The van der Waals surface area contributed by atoms with Gasteiger partial charge in [0.2, 0.25) is 0 Å². The second-order valence-electron chi connectivity index (χ2n) is 5.15. The molecular formula is C15H6Br2N4O4. The molecule has 8 nitrogen and oxygen atoms in total. The zero-order valence-corrected chi connectivity index (χ0v) is 15.3. The van der Waals surface area contributed by atoms with Gasteiger partial charge in [-0.25, -0.2) is 9.59 Å². The smallest absolute Gasteiger partial charge is 0.345 e. The normalized spacial score (nSPS) is 11.3. The quantitative estimate of drug-likeness (QED) is 0.416. The molecule has 0 aliphatic carbocycles. The van der Waals surface area contributed by atoms with E-state index in [0.29, 0.717) is 15.4 Å². The summed E-state index contributed by atoms with van der Waals surface area (Å²) in [5.74, 6) is 0. The number of halogens is 2. The highest BCUT2D eigenvalue weighted by atomic mass is 79.9. The minimum Gasteiger partial charge on any atom is -0.421 e. The molecule has 2 N–H and O–H groups in total. The Hall–Kier alpha value is -2.59. The summed E-state index contributed by atoms with van der Waals surface area (Å²) in [6, 6.07) is 6.52. The van der Waals surface area contributed by atoms with Crippen molar-refractivity contribution in [2.24, 2.45) is 0 Å². The highest BCUT2D eigenvalue weighted by molar-refractivity contribution is 9.11. The van der Waals surface area contributed by atoms with Crippen LogP contribution in [0.1, 0.15) is 0 Å². The van der Waals surface area contributed by atoms with Gasteiger partial charge in [0, 0.05) is 9.86 Å². The van der Waals surface area contributed by atoms with Gasteiger partial charge in [0.15, 0.2) is 11.2 Å². The van der Waals surface area contributed by atoms with Gasteiger partial charge in [-0.1, -0.05) is 15.9 Å². The van der Waals surface area contributed by atoms with Crippen molar-refractivity contribution in [1.29, 1.82) is 0 Å². The molecule has 0 saturated carbocycles. The van der Waals surface area contributed by atoms with E-state index in [2.05, 4.69) is 52.0 Å². The van der Waals surface area contributed by atoms with Crippen molar-refractivity contribution in [3.63, 3.8) is 0 Å². The topological polar surface area (TPSA) is 122 Å². The van der Waals surface area contributed by atoms with Crippen LogP contribution in [0.15, 0.2) is 52.0 Å². The lowest BCUT2D eigenvalue weighted by Crippen LogP contribution is -2.22. The summed E-state index contributed by atoms with van der Waals surface area (Å²) in [5, 5.41) is 8.50. The molecule has 0 fully saturated rings. The van der Waals surface area contributed by atoms with E-state index in [0.717, 1.165) is 4.47 Å². The van der Waals surface area contributed by atoms with Crippen LogP contribution >= 0.6 is 31.9 Å². The minimum atomic E-state index is -0.681. The number of hydrogen-bond donors (Lipinski definition) is 2. The first-order chi connectivity index (χ1) is 11.9. The molecule has 4 rings (SSSR count). The first-order valence-electron chi connectivity index (χ1n) is 6.86. The Kier molecular flexibility index (Phi) is 3.65. The second kappa shape index (κ2) is 5.74. The van der Waals surface area contributed by atoms with Crippen LogP contribution in [-0.4, -0.2) is 20.2 Å². The summed E-state index contributed by atoms with van der Waals surface area (Å²) >= 11 is 6.72. The largest absolute Gasteiger partial charge is 0.421 e. The third kappa shape index (κ3) is 2.72. The third-order valence-electron chi connectivity index (χ3n) is 3.53. The van der Waals surface area contributed by atoms with Gasteiger partial charge < -0.3 is 4.42 Å². The molecule has 4 aromatic rings. The number of H-pyrrole nitrogens is 2. The number of aromatic nitrogens is 4. The maximum absolute atomic E-state index is 12.3. The van der Waals surface area contributed by atoms with E-state index in [9.17, 15) is 14.4 Å². The van der Waals surface area contributed by atoms with E-state index in [4.69, 9.17) is 4.42 Å². The Morgan fingerprint density at radius 1 is 0.960 bits per heavy atom. The van der Waals surface area contributed by atoms with E-state index in [1.54, 1.807) is 18.2 Å². The molecule has 10 heteroatoms. The number of nitrogens with zero attached hydrogens (tertiary/aromatic N) is 2. The molecule has 0 spiro atoms. The van der Waals surface area contributed by atoms with Crippen molar-refractivity contribution >= 4 is 53.9 Å². The number of aromatic amines is 2. The van der Waals surface area contributed by atoms with Crippen molar-refractivity contribution in [1.82, 2.24) is 20.2 Å². The Bertz CT molecular complexity index is 1340. The third-order valence-corrected chi connectivity index (χ3v) is 4.57. The monoisotopic (exact) mass is 464 g/mol. The fourth-order valence-corrected chi connectivity index (χ4v) is 3.77. The van der Waals surface area contributed by atoms with Crippen molar-refractivity contribution < 1.29 is 4.42 Å². The molecule has 0 aliphatic rings. The van der Waals surface area contributed by atoms with Crippen LogP contribution in [0.25, 0.3) is 33.3 Å². The molecular weight excluding hydrogens is 460 g/mol. The van der Waals surface area contributed by atoms with Gasteiger partial charge in [0.05, 0.1) is 15.4 Å². The van der Waals surface area contributed by atoms with Crippen LogP contribution in [0.5, 0.6) is 0 Å². The average molecular weight is 466 g/mol. The molecule has 0 bridgehead atoms. The van der Waals surface area contributed by atoms with E-state index >= 15 is 0 Å². The zero-order chi connectivity index (χ0) is 17.7. The fourth-order valence-electron chi connectivity index (χ4n) is 2.43. The summed E-state index contributed by atoms with van der Waals surface area (Å²) in [6.45, 7) is 0. The molecule has 0 radical (unpaired) electrons. The Morgan fingerprint density at radius 3 is 2.56 bits per heavy atom. The van der Waals surface area contributed by atoms with Crippen LogP contribution in [0.2, 0.25) is 0 Å². The summed E-state index contributed by atoms with van der Waals surface area (Å²) < 4.78 is 6.78. The molecule has 0 amide bonds. The van der Waals surface area contributed by atoms with E-state index in [1.807, 2.05) is 0 Å². The Labute approximate surface area is 154 Å². The summed E-state index contributed by atoms with van der Waals surface area (Å²) in [4.78, 5) is 40.0. The predicted octanol–water partition coefficient (Wildman–Crippen LogP) is 2.30. The highest BCUT2D eigenvalue weighted by Gasteiger charge is 2.14. The number of rotatable bonds is 1. The van der Waals surface area contributed by atoms with Crippen LogP contribution in [0.3, 0.4) is 0 Å². The maximum Gasteiger partial charge on any atom is 0.345 e. The first kappa shape index (κ1) is 15.9. The number of benzene rings is 1. The summed E-state index contributed by atoms with van der Waals surface area (Å²) in [5.41, 5.74) is -1.18. The molecule has 0 atom stereocenters. The molecule has 0 aliphatic heterocycles. The molecule has 0 unspecified atom stereocenters. The molecule has 0 saturated heterocycles. The Balaban J connectivity index is 2.03. The average Bonchev–Trinajstić information content (AvgIpc) is 2.55. The first-order valence-corrected chi connectivity index (χ1v) is 8.44. The van der Waals surface area contributed by atoms with Crippen molar-refractivity contribution in [3.8, 4) is 11.3 Å². The zero-order valence-electron chi connectivity index (χ0n) is 12.1. The summed E-state index contributed by atoms with van der Waals surface area (Å²) in [6.07, 6.45) is 0. The highest BCUT2D eigenvalue weighted by Crippen LogP contribution is 2.29. The lowest BCUT2D eigenvalue weighted by Gasteiger charge is -2.04. The van der Waals surface area contributed by atoms with Crippen molar-refractivity contribution in [2.75, 3.05) is 0 Å². The van der Waals surface area contributed by atoms with Crippen molar-refractivity contribution in [3.05, 3.63) is 64.5 Å². The lowest BCUT2D eigenvalue weighted by molar-refractivity contribution is 0.561. The van der Waals surface area contributed by atoms with Gasteiger partial charge in [-0.05, 0) is 40.2 Å². The fraction of sp³-hybridized carbons (Fsp3) is 0. The van der Waals surface area contributed by atoms with Gasteiger partial charge in [0.1, 0.15) is 5.69 Å². The van der Waals surface area contributed by atoms with Gasteiger partial charge in [-0.15, -0.1) is 10.2 Å². The second-order valence-corrected chi connectivity index (χ2v) is 6.92. The van der Waals surface area contributed by atoms with Gasteiger partial charge in [0.25, 0.3) is 5.56 Å². The number of fused-ring (bicyclic) bond motifs is 2. The molecule has 3 heterocycles. The van der Waals surface area contributed by atoms with Crippen LogP contribution < -0.4 is 16.9 Å². The van der Waals surface area contributed by atoms with Gasteiger partial charge in [-0.2, -0.15) is 0 Å². The van der Waals surface area contributed by atoms with Gasteiger partial charge in [-0.3, -0.25) is 14.8 Å². The molecule has 3 aromatic heterocycles. The summed E-state index contributed by atoms with van der Waals surface area (Å²) in [7, 11) is 0. The van der Waals surface area contributed by atoms with E-state index in [1.165, 1.54) is 6.07 Å². The van der Waals surface area contributed by atoms with E-state index < -0.39 is 16.9 Å². The maximum atomic E-state index is 12.3. The molecule has 25 heavy (non-hydrogen) atoms. The number of hydrogen-bond acceptors (Lipinski definition) is 6. The predicted molar refractivity (Wildman–Crippen MR) is 97.7 cm³/mol. The van der Waals surface area contributed by atoms with Crippen LogP contribution in [0, 0.1) is 0 Å². The van der Waals surface area contributed by atoms with Crippen molar-refractivity contribution in [2.45, 2.75) is 0 Å². The minimum absolute atomic E-state index is 0.0353. The molecule has 1 aromatic carbocycles. The standard InChI is InChI=1S/C15H6Br2N4O4/c16-6-1-5-2-7(14(23)25-11(5)9(17)3-6)10-4-8-12(21-20-10)18-15(24)19-13(8)22/h1-4H,(H2,18,19,21,22,24). The van der Waals surface area contributed by atoms with Gasteiger partial charge >= 0.3 is 11.3 Å². The Morgan fingerprint density at radius 2 is 1.76 bits per heavy atom. The van der Waals surface area contributed by atoms with Crippen LogP contribution in [-0.2, 0) is 0 Å². The van der Waals surface area contributed by atoms with Crippen LogP contribution in [0.4, 0.5) is 0 Å². The lowest BCUT2D eigenvalue weighted by atomic mass is 10.1.